The molecule has 2 aromatic carbocycles. The van der Waals surface area contributed by atoms with Gasteiger partial charge >= 0.3 is 5.97 Å². The molecule has 2 aromatic heterocycles. The predicted octanol–water partition coefficient (Wildman–Crippen LogP) is 4.72. The number of aryl methyl sites for hydroxylation is 1. The van der Waals surface area contributed by atoms with Crippen LogP contribution in [0.15, 0.2) is 58.0 Å². The van der Waals surface area contributed by atoms with Crippen molar-refractivity contribution in [3.8, 4) is 0 Å². The first-order valence-electron chi connectivity index (χ1n) is 10.1. The summed E-state index contributed by atoms with van der Waals surface area (Å²) < 4.78 is 7.56. The number of rotatable bonds is 9. The Balaban J connectivity index is 1.29. The van der Waals surface area contributed by atoms with Crippen molar-refractivity contribution in [3.05, 3.63) is 59.7 Å². The van der Waals surface area contributed by atoms with Gasteiger partial charge in [-0.15, -0.1) is 10.2 Å². The summed E-state index contributed by atoms with van der Waals surface area (Å²) >= 11 is 4.25. The molecular formula is C22H21N5O3S3. The molecule has 0 atom stereocenters. The van der Waals surface area contributed by atoms with Crippen molar-refractivity contribution in [1.82, 2.24) is 19.7 Å². The minimum Gasteiger partial charge on any atom is -0.465 e. The van der Waals surface area contributed by atoms with Gasteiger partial charge in [0.15, 0.2) is 9.50 Å². The Morgan fingerprint density at radius 2 is 1.88 bits per heavy atom. The monoisotopic (exact) mass is 499 g/mol. The van der Waals surface area contributed by atoms with Crippen LogP contribution in [0.25, 0.3) is 11.0 Å². The van der Waals surface area contributed by atoms with Gasteiger partial charge in [-0.2, -0.15) is 0 Å². The number of fused-ring (bicyclic) bond motifs is 1. The molecule has 0 radical (unpaired) electrons. The summed E-state index contributed by atoms with van der Waals surface area (Å²) in [6.45, 7) is 2.85. The van der Waals surface area contributed by atoms with Gasteiger partial charge in [0.1, 0.15) is 0 Å². The van der Waals surface area contributed by atoms with Gasteiger partial charge in [0.05, 0.1) is 29.5 Å². The second kappa shape index (κ2) is 10.8. The van der Waals surface area contributed by atoms with E-state index in [9.17, 15) is 9.59 Å². The smallest absolute Gasteiger partial charge is 0.337 e. The molecule has 0 aliphatic rings. The molecule has 170 valence electrons. The van der Waals surface area contributed by atoms with Crippen LogP contribution in [0.5, 0.6) is 0 Å². The quantitative estimate of drug-likeness (QED) is 0.201. The van der Waals surface area contributed by atoms with Gasteiger partial charge in [0, 0.05) is 12.3 Å². The Morgan fingerprint density at radius 1 is 1.09 bits per heavy atom. The van der Waals surface area contributed by atoms with E-state index in [4.69, 9.17) is 4.74 Å². The second-order valence-electron chi connectivity index (χ2n) is 6.81. The number of para-hydroxylation sites is 2. The van der Waals surface area contributed by atoms with Crippen molar-refractivity contribution in [1.29, 1.82) is 0 Å². The number of imidazole rings is 1. The largest absolute Gasteiger partial charge is 0.465 e. The highest BCUT2D eigenvalue weighted by Gasteiger charge is 2.14. The molecule has 1 N–H and O–H groups in total. The summed E-state index contributed by atoms with van der Waals surface area (Å²) in [4.78, 5) is 28.6. The van der Waals surface area contributed by atoms with Crippen molar-refractivity contribution >= 4 is 62.9 Å². The Morgan fingerprint density at radius 3 is 2.64 bits per heavy atom. The number of amides is 1. The van der Waals surface area contributed by atoms with Gasteiger partial charge in [0.2, 0.25) is 11.0 Å². The van der Waals surface area contributed by atoms with Gasteiger partial charge in [-0.1, -0.05) is 59.1 Å². The van der Waals surface area contributed by atoms with Crippen molar-refractivity contribution in [2.24, 2.45) is 0 Å². The van der Waals surface area contributed by atoms with Gasteiger partial charge in [-0.3, -0.25) is 10.1 Å². The topological polar surface area (TPSA) is 99.0 Å². The molecule has 1 amide bonds. The molecule has 0 unspecified atom stereocenters. The fraction of sp³-hybridized carbons (Fsp3) is 0.227. The maximum Gasteiger partial charge on any atom is 0.337 e. The van der Waals surface area contributed by atoms with E-state index in [2.05, 4.69) is 32.0 Å². The predicted molar refractivity (Wildman–Crippen MR) is 132 cm³/mol. The SMILES string of the molecule is CCn1c(SCC(=O)Nc2nnc(SCc3ccc(C(=O)OC)cc3)s2)nc2ccccc21. The van der Waals surface area contributed by atoms with E-state index in [1.165, 1.54) is 42.0 Å². The second-order valence-corrected chi connectivity index (χ2v) is 9.96. The lowest BCUT2D eigenvalue weighted by molar-refractivity contribution is -0.113. The Bertz CT molecular complexity index is 1270. The highest BCUT2D eigenvalue weighted by molar-refractivity contribution is 8.00. The maximum atomic E-state index is 12.4. The number of nitrogens with one attached hydrogen (secondary N) is 1. The van der Waals surface area contributed by atoms with Gasteiger partial charge in [-0.05, 0) is 36.8 Å². The average molecular weight is 500 g/mol. The van der Waals surface area contributed by atoms with Crippen molar-refractivity contribution in [2.45, 2.75) is 28.7 Å². The number of aromatic nitrogens is 4. The van der Waals surface area contributed by atoms with Crippen LogP contribution >= 0.6 is 34.9 Å². The van der Waals surface area contributed by atoms with E-state index in [0.717, 1.165) is 32.6 Å². The number of hydrogen-bond donors (Lipinski definition) is 1. The number of hydrogen-bond acceptors (Lipinski definition) is 9. The lowest BCUT2D eigenvalue weighted by Gasteiger charge is -2.05. The van der Waals surface area contributed by atoms with Crippen LogP contribution in [0, 0.1) is 0 Å². The lowest BCUT2D eigenvalue weighted by Crippen LogP contribution is -2.14. The van der Waals surface area contributed by atoms with E-state index in [1.807, 2.05) is 36.4 Å². The number of thioether (sulfide) groups is 2. The number of benzene rings is 2. The van der Waals surface area contributed by atoms with Crippen LogP contribution < -0.4 is 5.32 Å². The summed E-state index contributed by atoms with van der Waals surface area (Å²) in [5.74, 6) is 0.398. The molecule has 4 aromatic rings. The van der Waals surface area contributed by atoms with Gasteiger partial charge in [-0.25, -0.2) is 9.78 Å². The molecule has 0 aliphatic heterocycles. The minimum atomic E-state index is -0.358. The van der Waals surface area contributed by atoms with Crippen molar-refractivity contribution in [2.75, 3.05) is 18.2 Å². The number of methoxy groups -OCH3 is 1. The fourth-order valence-corrected chi connectivity index (χ4v) is 5.68. The molecule has 0 spiro atoms. The van der Waals surface area contributed by atoms with Crippen LogP contribution in [-0.2, 0) is 21.8 Å². The fourth-order valence-electron chi connectivity index (χ4n) is 3.07. The normalized spacial score (nSPS) is 11.0. The summed E-state index contributed by atoms with van der Waals surface area (Å²) in [5, 5.41) is 12.3. The first kappa shape index (κ1) is 23.3. The van der Waals surface area contributed by atoms with E-state index in [0.29, 0.717) is 16.4 Å². The highest BCUT2D eigenvalue weighted by Crippen LogP contribution is 2.29. The van der Waals surface area contributed by atoms with Crippen molar-refractivity contribution < 1.29 is 14.3 Å². The number of anilines is 1. The first-order valence-corrected chi connectivity index (χ1v) is 12.9. The highest BCUT2D eigenvalue weighted by atomic mass is 32.2. The van der Waals surface area contributed by atoms with E-state index >= 15 is 0 Å². The summed E-state index contributed by atoms with van der Waals surface area (Å²) in [5.41, 5.74) is 3.55. The third-order valence-corrected chi connectivity index (χ3v) is 7.68. The lowest BCUT2D eigenvalue weighted by atomic mass is 10.1. The van der Waals surface area contributed by atoms with Gasteiger partial charge in [0.25, 0.3) is 0 Å². The number of carbonyl (C=O) groups excluding carboxylic acids is 2. The van der Waals surface area contributed by atoms with Crippen LogP contribution in [0.4, 0.5) is 5.13 Å². The zero-order valence-corrected chi connectivity index (χ0v) is 20.4. The van der Waals surface area contributed by atoms with Crippen LogP contribution in [0.3, 0.4) is 0 Å². The molecule has 0 bridgehead atoms. The number of carbonyl (C=O) groups is 2. The maximum absolute atomic E-state index is 12.4. The number of nitrogens with zero attached hydrogens (tertiary/aromatic N) is 4. The molecular weight excluding hydrogens is 478 g/mol. The summed E-state index contributed by atoms with van der Waals surface area (Å²) in [6.07, 6.45) is 0. The molecule has 2 heterocycles. The Hall–Kier alpha value is -2.89. The third kappa shape index (κ3) is 5.73. The minimum absolute atomic E-state index is 0.152. The van der Waals surface area contributed by atoms with Gasteiger partial charge < -0.3 is 9.30 Å². The number of ether oxygens (including phenoxy) is 1. The van der Waals surface area contributed by atoms with E-state index in [-0.39, 0.29) is 17.6 Å². The standard InChI is InChI=1S/C22H21N5O3S3/c1-3-27-17-7-5-4-6-16(17)23-21(27)31-13-18(28)24-20-25-26-22(33-20)32-12-14-8-10-15(11-9-14)19(29)30-2/h4-11H,3,12-13H2,1-2H3,(H,24,25,28). The zero-order valence-electron chi connectivity index (χ0n) is 18.0. The van der Waals surface area contributed by atoms with Crippen molar-refractivity contribution in [3.63, 3.8) is 0 Å². The molecule has 11 heteroatoms. The third-order valence-electron chi connectivity index (χ3n) is 4.66. The zero-order chi connectivity index (χ0) is 23.2. The summed E-state index contributed by atoms with van der Waals surface area (Å²) in [6, 6.07) is 15.2. The van der Waals surface area contributed by atoms with E-state index < -0.39 is 0 Å². The molecule has 0 saturated heterocycles. The molecule has 0 aliphatic carbocycles. The molecule has 0 saturated carbocycles. The van der Waals surface area contributed by atoms with Crippen LogP contribution in [0.2, 0.25) is 0 Å². The molecule has 4 rings (SSSR count). The van der Waals surface area contributed by atoms with E-state index in [1.54, 1.807) is 12.1 Å². The van der Waals surface area contributed by atoms with Crippen LogP contribution in [-0.4, -0.2) is 44.5 Å². The van der Waals surface area contributed by atoms with Crippen LogP contribution in [0.1, 0.15) is 22.8 Å². The number of esters is 1. The Labute approximate surface area is 203 Å². The molecule has 8 nitrogen and oxygen atoms in total. The summed E-state index contributed by atoms with van der Waals surface area (Å²) in [7, 11) is 1.36. The average Bonchev–Trinajstić information content (AvgIpc) is 3.44. The molecule has 0 fully saturated rings. The Kier molecular flexibility index (Phi) is 7.63. The first-order chi connectivity index (χ1) is 16.1. The molecule has 33 heavy (non-hydrogen) atoms.